The highest BCUT2D eigenvalue weighted by molar-refractivity contribution is 7.91. The number of nitrogens with one attached hydrogen (secondary N) is 1. The molecule has 1 amide bonds. The fourth-order valence-corrected chi connectivity index (χ4v) is 6.48. The molecule has 1 N–H and O–H groups in total. The Hall–Kier alpha value is -1.94. The number of halogens is 1. The number of carbonyl (C=O) groups excluding carboxylic acids is 1. The summed E-state index contributed by atoms with van der Waals surface area (Å²) in [4.78, 5) is 12.6. The van der Waals surface area contributed by atoms with Crippen molar-refractivity contribution in [3.8, 4) is 0 Å². The van der Waals surface area contributed by atoms with Gasteiger partial charge in [-0.05, 0) is 36.8 Å². The van der Waals surface area contributed by atoms with Crippen molar-refractivity contribution in [2.24, 2.45) is 0 Å². The van der Waals surface area contributed by atoms with Crippen LogP contribution in [0.3, 0.4) is 0 Å². The first kappa shape index (κ1) is 24.3. The number of amides is 1. The summed E-state index contributed by atoms with van der Waals surface area (Å²) in [6, 6.07) is 10.0. The van der Waals surface area contributed by atoms with Crippen LogP contribution < -0.4 is 5.32 Å². The van der Waals surface area contributed by atoms with Crippen molar-refractivity contribution in [2.45, 2.75) is 37.0 Å². The van der Waals surface area contributed by atoms with Crippen LogP contribution in [0.2, 0.25) is 5.02 Å². The van der Waals surface area contributed by atoms with Gasteiger partial charge in [0.1, 0.15) is 4.90 Å². The Morgan fingerprint density at radius 1 is 0.967 bits per heavy atom. The van der Waals surface area contributed by atoms with Gasteiger partial charge in [-0.2, -0.15) is 4.31 Å². The molecule has 2 aromatic carbocycles. The van der Waals surface area contributed by atoms with Gasteiger partial charge in [0.15, 0.2) is 9.84 Å². The van der Waals surface area contributed by atoms with Gasteiger partial charge >= 0.3 is 0 Å². The van der Waals surface area contributed by atoms with E-state index in [0.29, 0.717) is 6.42 Å². The first-order chi connectivity index (χ1) is 14.1. The maximum Gasteiger partial charge on any atom is 0.256 e. The molecule has 0 unspecified atom stereocenters. The van der Waals surface area contributed by atoms with Crippen molar-refractivity contribution in [1.29, 1.82) is 0 Å². The fraction of sp³-hybridized carbons (Fsp3) is 0.350. The van der Waals surface area contributed by atoms with Gasteiger partial charge in [-0.15, -0.1) is 0 Å². The highest BCUT2D eigenvalue weighted by Crippen LogP contribution is 2.28. The van der Waals surface area contributed by atoms with Crippen molar-refractivity contribution in [3.05, 3.63) is 53.1 Å². The van der Waals surface area contributed by atoms with E-state index in [0.717, 1.165) is 0 Å². The maximum atomic E-state index is 12.8. The molecule has 10 heteroatoms. The van der Waals surface area contributed by atoms with Crippen LogP contribution in [0.25, 0.3) is 0 Å². The number of sulfone groups is 1. The molecule has 0 bridgehead atoms. The first-order valence-corrected chi connectivity index (χ1v) is 13.0. The average Bonchev–Trinajstić information content (AvgIpc) is 2.70. The standard InChI is InChI=1S/C20H25ClN2O5S2/c1-4-13-29(25,26)18-10-8-7-9-16(18)20(24)22-15-11-12-17(21)19(14-15)30(27,28)23(5-2)6-3/h7-12,14H,4-6,13H2,1-3H3,(H,22,24). The normalized spacial score (nSPS) is 12.2. The van der Waals surface area contributed by atoms with E-state index >= 15 is 0 Å². The number of rotatable bonds is 9. The second kappa shape index (κ2) is 9.91. The molecule has 2 rings (SSSR count). The third kappa shape index (κ3) is 5.21. The van der Waals surface area contributed by atoms with E-state index in [1.165, 1.54) is 34.6 Å². The first-order valence-electron chi connectivity index (χ1n) is 9.51. The van der Waals surface area contributed by atoms with Gasteiger partial charge in [0.2, 0.25) is 10.0 Å². The van der Waals surface area contributed by atoms with E-state index in [1.807, 2.05) is 0 Å². The highest BCUT2D eigenvalue weighted by atomic mass is 35.5. The Bertz CT molecular complexity index is 1130. The molecule has 0 aromatic heterocycles. The van der Waals surface area contributed by atoms with E-state index in [1.54, 1.807) is 32.9 Å². The maximum absolute atomic E-state index is 12.8. The van der Waals surface area contributed by atoms with Crippen molar-refractivity contribution < 1.29 is 21.6 Å². The number of hydrogen-bond donors (Lipinski definition) is 1. The molecule has 7 nitrogen and oxygen atoms in total. The molecular formula is C20H25ClN2O5S2. The molecule has 0 aliphatic carbocycles. The van der Waals surface area contributed by atoms with Crippen LogP contribution in [0.1, 0.15) is 37.6 Å². The van der Waals surface area contributed by atoms with Gasteiger partial charge in [0.25, 0.3) is 5.91 Å². The number of benzene rings is 2. The van der Waals surface area contributed by atoms with Crippen molar-refractivity contribution in [3.63, 3.8) is 0 Å². The zero-order chi connectivity index (χ0) is 22.5. The fourth-order valence-electron chi connectivity index (χ4n) is 2.98. The molecular weight excluding hydrogens is 448 g/mol. The Balaban J connectivity index is 2.43. The molecule has 164 valence electrons. The van der Waals surface area contributed by atoms with Gasteiger partial charge in [0.05, 0.1) is 21.2 Å². The Labute approximate surface area is 183 Å². The Morgan fingerprint density at radius 2 is 1.60 bits per heavy atom. The van der Waals surface area contributed by atoms with Crippen LogP contribution >= 0.6 is 11.6 Å². The van der Waals surface area contributed by atoms with E-state index in [2.05, 4.69) is 5.32 Å². The minimum atomic E-state index is -3.84. The summed E-state index contributed by atoms with van der Waals surface area (Å²) >= 11 is 6.11. The summed E-state index contributed by atoms with van der Waals surface area (Å²) in [6.07, 6.45) is 0.419. The van der Waals surface area contributed by atoms with Gasteiger partial charge in [-0.1, -0.05) is 44.5 Å². The Kier molecular flexibility index (Phi) is 8.04. The largest absolute Gasteiger partial charge is 0.322 e. The van der Waals surface area contributed by atoms with Crippen LogP contribution in [-0.2, 0) is 19.9 Å². The van der Waals surface area contributed by atoms with Gasteiger partial charge in [-0.25, -0.2) is 16.8 Å². The number of hydrogen-bond acceptors (Lipinski definition) is 5. The summed E-state index contributed by atoms with van der Waals surface area (Å²) in [7, 11) is -7.46. The van der Waals surface area contributed by atoms with Gasteiger partial charge in [0, 0.05) is 18.8 Å². The van der Waals surface area contributed by atoms with Crippen molar-refractivity contribution in [1.82, 2.24) is 4.31 Å². The summed E-state index contributed by atoms with van der Waals surface area (Å²) in [6.45, 7) is 5.72. The minimum absolute atomic E-state index is 0.00551. The number of carbonyl (C=O) groups is 1. The van der Waals surface area contributed by atoms with Crippen molar-refractivity contribution >= 4 is 43.1 Å². The Morgan fingerprint density at radius 3 is 2.20 bits per heavy atom. The predicted molar refractivity (Wildman–Crippen MR) is 118 cm³/mol. The molecule has 0 saturated heterocycles. The summed E-state index contributed by atoms with van der Waals surface area (Å²) in [5.41, 5.74) is 0.187. The summed E-state index contributed by atoms with van der Waals surface area (Å²) < 4.78 is 51.9. The lowest BCUT2D eigenvalue weighted by molar-refractivity contribution is 0.102. The second-order valence-electron chi connectivity index (χ2n) is 6.50. The molecule has 0 atom stereocenters. The molecule has 0 spiro atoms. The predicted octanol–water partition coefficient (Wildman–Crippen LogP) is 3.81. The van der Waals surface area contributed by atoms with E-state index < -0.39 is 25.8 Å². The van der Waals surface area contributed by atoms with E-state index in [4.69, 9.17) is 11.6 Å². The van der Waals surface area contributed by atoms with Crippen LogP contribution in [0.5, 0.6) is 0 Å². The molecule has 2 aromatic rings. The summed E-state index contributed by atoms with van der Waals surface area (Å²) in [5.74, 6) is -0.733. The van der Waals surface area contributed by atoms with E-state index in [-0.39, 0.29) is 44.9 Å². The zero-order valence-electron chi connectivity index (χ0n) is 17.1. The lowest BCUT2D eigenvalue weighted by Crippen LogP contribution is -2.30. The third-order valence-electron chi connectivity index (χ3n) is 4.45. The smallest absolute Gasteiger partial charge is 0.256 e. The number of anilines is 1. The molecule has 0 saturated carbocycles. The van der Waals surface area contributed by atoms with Crippen LogP contribution in [0.4, 0.5) is 5.69 Å². The van der Waals surface area contributed by atoms with Crippen LogP contribution in [-0.4, -0.2) is 45.9 Å². The second-order valence-corrected chi connectivity index (χ2v) is 10.9. The number of nitrogens with zero attached hydrogens (tertiary/aromatic N) is 1. The minimum Gasteiger partial charge on any atom is -0.322 e. The topological polar surface area (TPSA) is 101 Å². The molecule has 0 radical (unpaired) electrons. The lowest BCUT2D eigenvalue weighted by Gasteiger charge is -2.20. The highest BCUT2D eigenvalue weighted by Gasteiger charge is 2.26. The molecule has 0 aliphatic heterocycles. The average molecular weight is 473 g/mol. The number of sulfonamides is 1. The monoisotopic (exact) mass is 472 g/mol. The zero-order valence-corrected chi connectivity index (χ0v) is 19.4. The molecule has 0 fully saturated rings. The molecule has 0 heterocycles. The molecule has 30 heavy (non-hydrogen) atoms. The third-order valence-corrected chi connectivity index (χ3v) is 8.96. The van der Waals surface area contributed by atoms with Gasteiger partial charge < -0.3 is 5.32 Å². The van der Waals surface area contributed by atoms with Gasteiger partial charge in [-0.3, -0.25) is 4.79 Å². The lowest BCUT2D eigenvalue weighted by atomic mass is 10.2. The van der Waals surface area contributed by atoms with Crippen LogP contribution in [0.15, 0.2) is 52.3 Å². The SMILES string of the molecule is CCCS(=O)(=O)c1ccccc1C(=O)Nc1ccc(Cl)c(S(=O)(=O)N(CC)CC)c1. The molecule has 0 aliphatic rings. The quantitative estimate of drug-likeness (QED) is 0.598. The van der Waals surface area contributed by atoms with Crippen LogP contribution in [0, 0.1) is 0 Å². The summed E-state index contributed by atoms with van der Waals surface area (Å²) in [5, 5.41) is 2.62. The van der Waals surface area contributed by atoms with E-state index in [9.17, 15) is 21.6 Å². The van der Waals surface area contributed by atoms with Crippen molar-refractivity contribution in [2.75, 3.05) is 24.2 Å².